The number of hydrogen-bond donors (Lipinski definition) is 2. The molecule has 0 atom stereocenters. The van der Waals surface area contributed by atoms with Gasteiger partial charge in [-0.05, 0) is 31.5 Å². The van der Waals surface area contributed by atoms with Crippen LogP contribution < -0.4 is 10.9 Å². The van der Waals surface area contributed by atoms with Crippen molar-refractivity contribution in [2.75, 3.05) is 17.7 Å². The third-order valence-corrected chi connectivity index (χ3v) is 4.15. The molecule has 0 bridgehead atoms. The topological polar surface area (TPSA) is 101 Å². The van der Waals surface area contributed by atoms with Crippen molar-refractivity contribution in [3.8, 4) is 0 Å². The number of aromatic nitrogens is 2. The molecule has 0 unspecified atom stereocenters. The van der Waals surface area contributed by atoms with Gasteiger partial charge in [0, 0.05) is 17.4 Å². The molecule has 0 aliphatic carbocycles. The molecule has 8 heteroatoms. The van der Waals surface area contributed by atoms with Crippen molar-refractivity contribution >= 4 is 29.3 Å². The molecule has 2 N–H and O–H groups in total. The summed E-state index contributed by atoms with van der Waals surface area (Å²) in [5.74, 6) is -0.616. The van der Waals surface area contributed by atoms with E-state index in [2.05, 4.69) is 15.3 Å². The summed E-state index contributed by atoms with van der Waals surface area (Å²) in [7, 11) is 0. The van der Waals surface area contributed by atoms with E-state index in [9.17, 15) is 14.4 Å². The number of nitrogens with one attached hydrogen (secondary N) is 2. The van der Waals surface area contributed by atoms with Crippen LogP contribution in [0.15, 0.2) is 40.3 Å². The molecule has 2 rings (SSSR count). The number of nitrogens with zero attached hydrogens (tertiary/aromatic N) is 1. The number of ether oxygens (including phenoxy) is 1. The minimum absolute atomic E-state index is 0.0855. The van der Waals surface area contributed by atoms with Gasteiger partial charge in [0.05, 0.1) is 17.9 Å². The zero-order valence-electron chi connectivity index (χ0n) is 14.7. The van der Waals surface area contributed by atoms with Crippen LogP contribution in [-0.2, 0) is 16.0 Å². The molecule has 0 saturated carbocycles. The predicted molar refractivity (Wildman–Crippen MR) is 101 cm³/mol. The molecular formula is C18H21N3O4S. The lowest BCUT2D eigenvalue weighted by molar-refractivity contribution is -0.113. The smallest absolute Gasteiger partial charge is 0.338 e. The standard InChI is InChI=1S/C18H21N3O4S/c1-3-6-13-10-15(22)21-18(20-13)26-11-16(23)19-14-8-5-7-12(9-14)17(24)25-4-2/h5,7-10H,3-4,6,11H2,1-2H3,(H,19,23)(H,20,21,22). The normalized spacial score (nSPS) is 10.4. The number of aromatic amines is 1. The van der Waals surface area contributed by atoms with E-state index in [1.54, 1.807) is 31.2 Å². The van der Waals surface area contributed by atoms with Gasteiger partial charge in [-0.25, -0.2) is 9.78 Å². The maximum atomic E-state index is 12.1. The number of carbonyl (C=O) groups excluding carboxylic acids is 2. The molecule has 1 heterocycles. The molecule has 1 aromatic carbocycles. The minimum atomic E-state index is -0.438. The monoisotopic (exact) mass is 375 g/mol. The first-order valence-corrected chi connectivity index (χ1v) is 9.30. The lowest BCUT2D eigenvalue weighted by atomic mass is 10.2. The Morgan fingerprint density at radius 1 is 1.27 bits per heavy atom. The molecule has 1 aromatic heterocycles. The molecule has 0 aliphatic heterocycles. The summed E-state index contributed by atoms with van der Waals surface area (Å²) in [5, 5.41) is 3.13. The second-order valence-corrected chi connectivity index (χ2v) is 6.39. The van der Waals surface area contributed by atoms with Gasteiger partial charge < -0.3 is 15.0 Å². The minimum Gasteiger partial charge on any atom is -0.462 e. The molecule has 2 aromatic rings. The molecule has 1 amide bonds. The van der Waals surface area contributed by atoms with E-state index in [0.717, 1.165) is 18.2 Å². The highest BCUT2D eigenvalue weighted by Crippen LogP contribution is 2.15. The van der Waals surface area contributed by atoms with Gasteiger partial charge in [0.15, 0.2) is 5.16 Å². The fourth-order valence-corrected chi connectivity index (χ4v) is 2.90. The van der Waals surface area contributed by atoms with E-state index in [1.807, 2.05) is 6.92 Å². The van der Waals surface area contributed by atoms with Crippen molar-refractivity contribution in [3.05, 3.63) is 51.9 Å². The first kappa shape index (κ1) is 19.7. The highest BCUT2D eigenvalue weighted by atomic mass is 32.2. The second kappa shape index (κ2) is 9.76. The average Bonchev–Trinajstić information content (AvgIpc) is 2.60. The number of anilines is 1. The third kappa shape index (κ3) is 6.03. The van der Waals surface area contributed by atoms with Gasteiger partial charge in [-0.3, -0.25) is 9.59 Å². The third-order valence-electron chi connectivity index (χ3n) is 3.28. The number of H-pyrrole nitrogens is 1. The fourth-order valence-electron chi connectivity index (χ4n) is 2.21. The van der Waals surface area contributed by atoms with E-state index in [-0.39, 0.29) is 23.8 Å². The summed E-state index contributed by atoms with van der Waals surface area (Å²) in [6, 6.07) is 8.00. The number of benzene rings is 1. The van der Waals surface area contributed by atoms with Crippen LogP contribution in [0.4, 0.5) is 5.69 Å². The zero-order valence-corrected chi connectivity index (χ0v) is 15.5. The summed E-state index contributed by atoms with van der Waals surface area (Å²) in [6.45, 7) is 4.02. The highest BCUT2D eigenvalue weighted by molar-refractivity contribution is 7.99. The summed E-state index contributed by atoms with van der Waals surface area (Å²) in [4.78, 5) is 42.4. The Hall–Kier alpha value is -2.61. The molecule has 138 valence electrons. The number of aryl methyl sites for hydroxylation is 1. The van der Waals surface area contributed by atoms with E-state index in [4.69, 9.17) is 4.74 Å². The van der Waals surface area contributed by atoms with Gasteiger partial charge in [0.25, 0.3) is 5.56 Å². The molecule has 0 spiro atoms. The summed E-state index contributed by atoms with van der Waals surface area (Å²) < 4.78 is 4.94. The summed E-state index contributed by atoms with van der Waals surface area (Å²) in [5.41, 5.74) is 1.35. The zero-order chi connectivity index (χ0) is 18.9. The van der Waals surface area contributed by atoms with Crippen molar-refractivity contribution in [1.82, 2.24) is 9.97 Å². The Kier molecular flexibility index (Phi) is 7.40. The summed E-state index contributed by atoms with van der Waals surface area (Å²) in [6.07, 6.45) is 1.60. The predicted octanol–water partition coefficient (Wildman–Crippen LogP) is 2.63. The Labute approximate surface area is 155 Å². The van der Waals surface area contributed by atoms with Crippen LogP contribution in [-0.4, -0.2) is 34.2 Å². The first-order chi connectivity index (χ1) is 12.5. The first-order valence-electron chi connectivity index (χ1n) is 8.32. The second-order valence-electron chi connectivity index (χ2n) is 5.43. The highest BCUT2D eigenvalue weighted by Gasteiger charge is 2.10. The average molecular weight is 375 g/mol. The molecule has 7 nitrogen and oxygen atoms in total. The van der Waals surface area contributed by atoms with Crippen LogP contribution in [0.5, 0.6) is 0 Å². The number of carbonyl (C=O) groups is 2. The molecule has 0 saturated heterocycles. The Balaban J connectivity index is 1.96. The Bertz CT molecular complexity index is 835. The number of thioether (sulfide) groups is 1. The van der Waals surface area contributed by atoms with Gasteiger partial charge in [0.2, 0.25) is 5.91 Å². The number of hydrogen-bond acceptors (Lipinski definition) is 6. The van der Waals surface area contributed by atoms with E-state index in [0.29, 0.717) is 28.5 Å². The quantitative estimate of drug-likeness (QED) is 0.418. The Morgan fingerprint density at radius 3 is 2.81 bits per heavy atom. The van der Waals surface area contributed by atoms with Crippen LogP contribution in [0.25, 0.3) is 0 Å². The van der Waals surface area contributed by atoms with Crippen LogP contribution >= 0.6 is 11.8 Å². The van der Waals surface area contributed by atoms with E-state index >= 15 is 0 Å². The van der Waals surface area contributed by atoms with Crippen LogP contribution in [0.3, 0.4) is 0 Å². The van der Waals surface area contributed by atoms with Crippen LogP contribution in [0, 0.1) is 0 Å². The number of esters is 1. The largest absolute Gasteiger partial charge is 0.462 e. The lowest BCUT2D eigenvalue weighted by Crippen LogP contribution is -2.16. The molecule has 0 radical (unpaired) electrons. The fraction of sp³-hybridized carbons (Fsp3) is 0.333. The van der Waals surface area contributed by atoms with Gasteiger partial charge in [-0.15, -0.1) is 0 Å². The van der Waals surface area contributed by atoms with E-state index < -0.39 is 5.97 Å². The van der Waals surface area contributed by atoms with Gasteiger partial charge in [-0.1, -0.05) is 31.2 Å². The van der Waals surface area contributed by atoms with Gasteiger partial charge in [-0.2, -0.15) is 0 Å². The molecule has 0 fully saturated rings. The SMILES string of the molecule is CCCc1cc(=O)[nH]c(SCC(=O)Nc2cccc(C(=O)OCC)c2)n1. The van der Waals surface area contributed by atoms with Gasteiger partial charge in [0.1, 0.15) is 0 Å². The lowest BCUT2D eigenvalue weighted by Gasteiger charge is -2.07. The molecule has 0 aliphatic rings. The van der Waals surface area contributed by atoms with Crippen molar-refractivity contribution in [1.29, 1.82) is 0 Å². The number of amides is 1. The van der Waals surface area contributed by atoms with Crippen molar-refractivity contribution in [3.63, 3.8) is 0 Å². The number of rotatable bonds is 8. The molecule has 26 heavy (non-hydrogen) atoms. The van der Waals surface area contributed by atoms with Gasteiger partial charge >= 0.3 is 5.97 Å². The van der Waals surface area contributed by atoms with Crippen molar-refractivity contribution in [2.24, 2.45) is 0 Å². The summed E-state index contributed by atoms with van der Waals surface area (Å²) >= 11 is 1.15. The maximum Gasteiger partial charge on any atom is 0.338 e. The van der Waals surface area contributed by atoms with E-state index in [1.165, 1.54) is 6.07 Å². The molecular weight excluding hydrogens is 354 g/mol. The van der Waals surface area contributed by atoms with Crippen LogP contribution in [0.2, 0.25) is 0 Å². The van der Waals surface area contributed by atoms with Crippen molar-refractivity contribution < 1.29 is 14.3 Å². The van der Waals surface area contributed by atoms with Crippen molar-refractivity contribution in [2.45, 2.75) is 31.8 Å². The van der Waals surface area contributed by atoms with Crippen LogP contribution in [0.1, 0.15) is 36.3 Å². The maximum absolute atomic E-state index is 12.1. The Morgan fingerprint density at radius 2 is 2.08 bits per heavy atom.